The van der Waals surface area contributed by atoms with Gasteiger partial charge in [0.2, 0.25) is 0 Å². The number of rotatable bonds is 11. The van der Waals surface area contributed by atoms with Crippen LogP contribution in [0.1, 0.15) is 46.8 Å². The zero-order valence-corrected chi connectivity index (χ0v) is 17.0. The van der Waals surface area contributed by atoms with Gasteiger partial charge in [-0.05, 0) is 37.8 Å². The summed E-state index contributed by atoms with van der Waals surface area (Å²) in [5, 5.41) is 0. The largest absolute Gasteiger partial charge is 0.469 e. The molecule has 2 rings (SSSR count). The van der Waals surface area contributed by atoms with Crippen LogP contribution in [0.25, 0.3) is 0 Å². The summed E-state index contributed by atoms with van der Waals surface area (Å²) in [6.07, 6.45) is 3.56. The molecule has 1 aromatic rings. The van der Waals surface area contributed by atoms with Gasteiger partial charge < -0.3 is 23.7 Å². The van der Waals surface area contributed by atoms with Gasteiger partial charge in [-0.15, -0.1) is 0 Å². The Balaban J connectivity index is 2.17. The van der Waals surface area contributed by atoms with Gasteiger partial charge in [0.1, 0.15) is 17.9 Å². The van der Waals surface area contributed by atoms with Crippen molar-refractivity contribution in [3.8, 4) is 5.75 Å². The van der Waals surface area contributed by atoms with E-state index in [1.807, 2.05) is 26.0 Å². The summed E-state index contributed by atoms with van der Waals surface area (Å²) in [5.74, 6) is -0.114. The van der Waals surface area contributed by atoms with E-state index in [1.54, 1.807) is 7.11 Å². The van der Waals surface area contributed by atoms with Gasteiger partial charge >= 0.3 is 11.9 Å². The Bertz CT molecular complexity index is 737. The first kappa shape index (κ1) is 21.9. The van der Waals surface area contributed by atoms with Crippen molar-refractivity contribution in [3.05, 3.63) is 40.0 Å². The summed E-state index contributed by atoms with van der Waals surface area (Å²) in [4.78, 5) is 23.5. The van der Waals surface area contributed by atoms with Crippen LogP contribution in [0.2, 0.25) is 0 Å². The maximum absolute atomic E-state index is 12.2. The number of carbonyl (C=O) groups excluding carboxylic acids is 2. The predicted molar refractivity (Wildman–Crippen MR) is 102 cm³/mol. The van der Waals surface area contributed by atoms with E-state index < -0.39 is 0 Å². The highest BCUT2D eigenvalue weighted by atomic mass is 16.7. The van der Waals surface area contributed by atoms with Gasteiger partial charge in [0.25, 0.3) is 0 Å². The van der Waals surface area contributed by atoms with Crippen LogP contribution in [0.5, 0.6) is 5.75 Å². The van der Waals surface area contributed by atoms with Crippen molar-refractivity contribution < 1.29 is 33.3 Å². The van der Waals surface area contributed by atoms with E-state index in [0.29, 0.717) is 43.8 Å². The van der Waals surface area contributed by atoms with E-state index in [2.05, 4.69) is 4.74 Å². The SMILES string of the molecule is COCCOCOc1c(C/C=C(\C)CCC(=O)OC)cc(C)c2c1C(=O)OC2. The molecule has 28 heavy (non-hydrogen) atoms. The Labute approximate surface area is 165 Å². The van der Waals surface area contributed by atoms with Crippen LogP contribution in [0, 0.1) is 6.92 Å². The van der Waals surface area contributed by atoms with Gasteiger partial charge in [0, 0.05) is 19.1 Å². The number of carbonyl (C=O) groups is 2. The molecule has 0 atom stereocenters. The maximum atomic E-state index is 12.2. The van der Waals surface area contributed by atoms with E-state index in [1.165, 1.54) is 7.11 Å². The number of benzene rings is 1. The molecule has 0 saturated carbocycles. The average Bonchev–Trinajstić information content (AvgIpc) is 3.08. The van der Waals surface area contributed by atoms with Crippen molar-refractivity contribution >= 4 is 11.9 Å². The van der Waals surface area contributed by atoms with Gasteiger partial charge in [-0.25, -0.2) is 4.79 Å². The van der Waals surface area contributed by atoms with E-state index in [0.717, 1.165) is 22.3 Å². The van der Waals surface area contributed by atoms with E-state index in [-0.39, 0.29) is 25.3 Å². The number of aryl methyl sites for hydroxylation is 1. The second-order valence-electron chi connectivity index (χ2n) is 6.61. The molecule has 0 fully saturated rings. The topological polar surface area (TPSA) is 80.3 Å². The van der Waals surface area contributed by atoms with Gasteiger partial charge in [-0.2, -0.15) is 0 Å². The monoisotopic (exact) mass is 392 g/mol. The molecule has 1 heterocycles. The van der Waals surface area contributed by atoms with Crippen molar-refractivity contribution in [2.24, 2.45) is 0 Å². The van der Waals surface area contributed by atoms with E-state index >= 15 is 0 Å². The molecule has 7 nitrogen and oxygen atoms in total. The van der Waals surface area contributed by atoms with Gasteiger partial charge in [0.15, 0.2) is 6.79 Å². The molecule has 0 saturated heterocycles. The van der Waals surface area contributed by atoms with Crippen LogP contribution in [0.15, 0.2) is 17.7 Å². The molecular formula is C21H28O7. The first-order valence-corrected chi connectivity index (χ1v) is 9.22. The number of esters is 2. The Morgan fingerprint density at radius 1 is 1.25 bits per heavy atom. The molecule has 0 amide bonds. The van der Waals surface area contributed by atoms with Crippen LogP contribution >= 0.6 is 0 Å². The van der Waals surface area contributed by atoms with E-state index in [4.69, 9.17) is 18.9 Å². The smallest absolute Gasteiger partial charge is 0.342 e. The fourth-order valence-corrected chi connectivity index (χ4v) is 2.93. The number of allylic oxidation sites excluding steroid dienone is 2. The number of cyclic esters (lactones) is 1. The summed E-state index contributed by atoms with van der Waals surface area (Å²) < 4.78 is 26.0. The summed E-state index contributed by atoms with van der Waals surface area (Å²) in [6.45, 7) is 5.06. The lowest BCUT2D eigenvalue weighted by Crippen LogP contribution is -2.11. The molecule has 7 heteroatoms. The summed E-state index contributed by atoms with van der Waals surface area (Å²) in [6, 6.07) is 2.01. The fourth-order valence-electron chi connectivity index (χ4n) is 2.93. The van der Waals surface area contributed by atoms with E-state index in [9.17, 15) is 9.59 Å². The van der Waals surface area contributed by atoms with Crippen LogP contribution < -0.4 is 4.74 Å². The molecule has 0 unspecified atom stereocenters. The van der Waals surface area contributed by atoms with Crippen molar-refractivity contribution in [2.75, 3.05) is 34.2 Å². The molecule has 0 radical (unpaired) electrons. The lowest BCUT2D eigenvalue weighted by atomic mass is 9.96. The zero-order valence-electron chi connectivity index (χ0n) is 17.0. The molecule has 0 bridgehead atoms. The molecule has 0 aromatic heterocycles. The summed E-state index contributed by atoms with van der Waals surface area (Å²) in [5.41, 5.74) is 4.26. The van der Waals surface area contributed by atoms with Crippen molar-refractivity contribution in [2.45, 2.75) is 39.7 Å². The Morgan fingerprint density at radius 2 is 2.04 bits per heavy atom. The number of ether oxygens (including phenoxy) is 5. The van der Waals surface area contributed by atoms with Crippen LogP contribution in [0.3, 0.4) is 0 Å². The Hall–Kier alpha value is -2.38. The van der Waals surface area contributed by atoms with Crippen molar-refractivity contribution in [1.29, 1.82) is 0 Å². The Morgan fingerprint density at radius 3 is 2.75 bits per heavy atom. The van der Waals surface area contributed by atoms with Gasteiger partial charge in [0.05, 0.1) is 20.3 Å². The van der Waals surface area contributed by atoms with Crippen LogP contribution in [-0.4, -0.2) is 46.2 Å². The average molecular weight is 392 g/mol. The van der Waals surface area contributed by atoms with Crippen molar-refractivity contribution in [3.63, 3.8) is 0 Å². The van der Waals surface area contributed by atoms with Crippen LogP contribution in [0.4, 0.5) is 0 Å². The normalized spacial score (nSPS) is 13.3. The molecule has 0 aliphatic carbocycles. The molecular weight excluding hydrogens is 364 g/mol. The molecule has 1 aliphatic rings. The lowest BCUT2D eigenvalue weighted by molar-refractivity contribution is -0.140. The second-order valence-corrected chi connectivity index (χ2v) is 6.61. The maximum Gasteiger partial charge on any atom is 0.342 e. The summed E-state index contributed by atoms with van der Waals surface area (Å²) in [7, 11) is 2.98. The molecule has 1 aliphatic heterocycles. The minimum atomic E-state index is -0.377. The highest BCUT2D eigenvalue weighted by molar-refractivity contribution is 5.97. The van der Waals surface area contributed by atoms with Crippen LogP contribution in [-0.2, 0) is 36.8 Å². The summed E-state index contributed by atoms with van der Waals surface area (Å²) >= 11 is 0. The third kappa shape index (κ3) is 5.81. The number of methoxy groups -OCH3 is 2. The fraction of sp³-hybridized carbons (Fsp3) is 0.524. The van der Waals surface area contributed by atoms with Gasteiger partial charge in [-0.1, -0.05) is 17.7 Å². The number of hydrogen-bond donors (Lipinski definition) is 0. The third-order valence-corrected chi connectivity index (χ3v) is 4.58. The highest BCUT2D eigenvalue weighted by Gasteiger charge is 2.29. The predicted octanol–water partition coefficient (Wildman–Crippen LogP) is 3.11. The van der Waals surface area contributed by atoms with Gasteiger partial charge in [-0.3, -0.25) is 4.79 Å². The first-order chi connectivity index (χ1) is 13.5. The molecule has 1 aromatic carbocycles. The quantitative estimate of drug-likeness (QED) is 0.248. The minimum absolute atomic E-state index is 0.0180. The standard InChI is InChI=1S/C21H28O7/c1-14(6-8-18(22)25-4)5-7-16-11-15(2)17-12-27-21(23)19(17)20(16)28-13-26-10-9-24-3/h5,11H,6-10,12-13H2,1-4H3/b14-5+. The minimum Gasteiger partial charge on any atom is -0.469 e. The zero-order chi connectivity index (χ0) is 20.5. The molecule has 0 N–H and O–H groups in total. The lowest BCUT2D eigenvalue weighted by Gasteiger charge is -2.15. The number of hydrogen-bond acceptors (Lipinski definition) is 7. The Kier molecular flexibility index (Phi) is 8.47. The van der Waals surface area contributed by atoms with Crippen molar-refractivity contribution in [1.82, 2.24) is 0 Å². The second kappa shape index (κ2) is 10.8. The molecule has 0 spiro atoms. The highest BCUT2D eigenvalue weighted by Crippen LogP contribution is 2.36. The number of fused-ring (bicyclic) bond motifs is 1. The molecule has 154 valence electrons. The third-order valence-electron chi connectivity index (χ3n) is 4.58. The first-order valence-electron chi connectivity index (χ1n) is 9.22.